The summed E-state index contributed by atoms with van der Waals surface area (Å²) >= 11 is 0. The number of hydrogen-bond acceptors (Lipinski definition) is 1. The lowest BCUT2D eigenvalue weighted by Gasteiger charge is -2.40. The molecule has 2 rings (SSSR count). The topological polar surface area (TPSA) is 17.1 Å². The van der Waals surface area contributed by atoms with Gasteiger partial charge in [0.2, 0.25) is 0 Å². The van der Waals surface area contributed by atoms with Gasteiger partial charge in [-0.3, -0.25) is 4.79 Å². The van der Waals surface area contributed by atoms with E-state index in [4.69, 9.17) is 0 Å². The number of rotatable bonds is 0. The molecule has 1 heteroatoms. The molecule has 0 aromatic rings. The lowest BCUT2D eigenvalue weighted by Crippen LogP contribution is -2.32. The van der Waals surface area contributed by atoms with Gasteiger partial charge in [-0.05, 0) is 50.0 Å². The first-order valence-corrected chi connectivity index (χ1v) is 5.37. The maximum Gasteiger partial charge on any atom is 0.159 e. The zero-order valence-corrected chi connectivity index (χ0v) is 8.65. The third kappa shape index (κ3) is 1.34. The molecule has 13 heavy (non-hydrogen) atoms. The highest BCUT2D eigenvalue weighted by Gasteiger charge is 2.39. The predicted molar refractivity (Wildman–Crippen MR) is 53.5 cm³/mol. The van der Waals surface area contributed by atoms with Crippen LogP contribution in [0.1, 0.15) is 52.4 Å². The monoisotopic (exact) mass is 178 g/mol. The van der Waals surface area contributed by atoms with Crippen LogP contribution in [0.4, 0.5) is 0 Å². The zero-order valence-electron chi connectivity index (χ0n) is 8.65. The first kappa shape index (κ1) is 8.98. The fourth-order valence-electron chi connectivity index (χ4n) is 3.10. The Kier molecular flexibility index (Phi) is 2.05. The SMILES string of the molecule is CC1=C2C(=O)CCCC2(C)CCC1. The van der Waals surface area contributed by atoms with Crippen molar-refractivity contribution in [2.75, 3.05) is 0 Å². The van der Waals surface area contributed by atoms with Crippen LogP contribution in [0.5, 0.6) is 0 Å². The molecular formula is C12H18O. The maximum atomic E-state index is 11.8. The van der Waals surface area contributed by atoms with Gasteiger partial charge in [-0.2, -0.15) is 0 Å². The quantitative estimate of drug-likeness (QED) is 0.556. The lowest BCUT2D eigenvalue weighted by atomic mass is 9.64. The second-order valence-electron chi connectivity index (χ2n) is 4.85. The van der Waals surface area contributed by atoms with E-state index in [9.17, 15) is 4.79 Å². The predicted octanol–water partition coefficient (Wildman–Crippen LogP) is 3.25. The van der Waals surface area contributed by atoms with Crippen LogP contribution >= 0.6 is 0 Å². The molecule has 1 saturated carbocycles. The number of carbonyl (C=O) groups excluding carboxylic acids is 1. The Bertz CT molecular complexity index is 275. The fraction of sp³-hybridized carbons (Fsp3) is 0.750. The minimum atomic E-state index is 0.248. The molecule has 2 aliphatic carbocycles. The molecule has 0 radical (unpaired) electrons. The Balaban J connectivity index is 2.43. The summed E-state index contributed by atoms with van der Waals surface area (Å²) in [5.41, 5.74) is 2.82. The van der Waals surface area contributed by atoms with Crippen molar-refractivity contribution in [3.8, 4) is 0 Å². The van der Waals surface area contributed by atoms with Gasteiger partial charge in [0.15, 0.2) is 5.78 Å². The van der Waals surface area contributed by atoms with Crippen LogP contribution in [0.15, 0.2) is 11.1 Å². The molecule has 0 bridgehead atoms. The molecule has 1 nitrogen and oxygen atoms in total. The van der Waals surface area contributed by atoms with Crippen molar-refractivity contribution < 1.29 is 4.79 Å². The summed E-state index contributed by atoms with van der Waals surface area (Å²) in [6.07, 6.45) is 6.78. The largest absolute Gasteiger partial charge is 0.295 e. The molecule has 0 N–H and O–H groups in total. The van der Waals surface area contributed by atoms with Crippen molar-refractivity contribution in [1.82, 2.24) is 0 Å². The van der Waals surface area contributed by atoms with Gasteiger partial charge in [0, 0.05) is 6.42 Å². The smallest absolute Gasteiger partial charge is 0.159 e. The van der Waals surface area contributed by atoms with E-state index in [1.54, 1.807) is 0 Å². The molecule has 0 saturated heterocycles. The molecule has 1 atom stereocenters. The van der Waals surface area contributed by atoms with E-state index in [-0.39, 0.29) is 5.41 Å². The first-order valence-electron chi connectivity index (χ1n) is 5.37. The normalized spacial score (nSPS) is 34.8. The van der Waals surface area contributed by atoms with Crippen molar-refractivity contribution in [2.24, 2.45) is 5.41 Å². The van der Waals surface area contributed by atoms with Crippen molar-refractivity contribution in [3.05, 3.63) is 11.1 Å². The summed E-state index contributed by atoms with van der Waals surface area (Å²) in [6, 6.07) is 0. The Morgan fingerprint density at radius 3 is 2.38 bits per heavy atom. The molecule has 0 amide bonds. The average Bonchev–Trinajstić information content (AvgIpc) is 2.02. The van der Waals surface area contributed by atoms with Gasteiger partial charge in [0.05, 0.1) is 0 Å². The highest BCUT2D eigenvalue weighted by atomic mass is 16.1. The average molecular weight is 178 g/mol. The van der Waals surface area contributed by atoms with Crippen molar-refractivity contribution in [1.29, 1.82) is 0 Å². The van der Waals surface area contributed by atoms with Gasteiger partial charge < -0.3 is 0 Å². The maximum absolute atomic E-state index is 11.8. The van der Waals surface area contributed by atoms with Crippen LogP contribution in [0.3, 0.4) is 0 Å². The van der Waals surface area contributed by atoms with Crippen LogP contribution in [0.2, 0.25) is 0 Å². The number of carbonyl (C=O) groups is 1. The zero-order chi connectivity index (χ0) is 9.47. The summed E-state index contributed by atoms with van der Waals surface area (Å²) in [5.74, 6) is 0.436. The van der Waals surface area contributed by atoms with Gasteiger partial charge in [-0.25, -0.2) is 0 Å². The molecule has 72 valence electrons. The number of ketones is 1. The Morgan fingerprint density at radius 2 is 1.77 bits per heavy atom. The van der Waals surface area contributed by atoms with E-state index >= 15 is 0 Å². The van der Waals surface area contributed by atoms with E-state index in [0.717, 1.165) is 19.3 Å². The molecule has 0 aromatic heterocycles. The fourth-order valence-corrected chi connectivity index (χ4v) is 3.10. The third-order valence-corrected chi connectivity index (χ3v) is 3.72. The molecule has 0 aliphatic heterocycles. The van der Waals surface area contributed by atoms with Gasteiger partial charge in [0.25, 0.3) is 0 Å². The highest BCUT2D eigenvalue weighted by molar-refractivity contribution is 5.98. The van der Waals surface area contributed by atoms with Gasteiger partial charge >= 0.3 is 0 Å². The van der Waals surface area contributed by atoms with Crippen LogP contribution in [-0.2, 0) is 4.79 Å². The number of Topliss-reactive ketones (excluding diaryl/α,β-unsaturated/α-hetero) is 1. The Hall–Kier alpha value is -0.590. The second-order valence-corrected chi connectivity index (χ2v) is 4.85. The van der Waals surface area contributed by atoms with Crippen molar-refractivity contribution in [3.63, 3.8) is 0 Å². The van der Waals surface area contributed by atoms with Crippen molar-refractivity contribution >= 4 is 5.78 Å². The number of fused-ring (bicyclic) bond motifs is 1. The molecule has 0 heterocycles. The number of allylic oxidation sites excluding steroid dienone is 2. The Morgan fingerprint density at radius 1 is 1.15 bits per heavy atom. The van der Waals surface area contributed by atoms with E-state index < -0.39 is 0 Å². The molecule has 1 unspecified atom stereocenters. The minimum absolute atomic E-state index is 0.248. The summed E-state index contributed by atoms with van der Waals surface area (Å²) in [4.78, 5) is 11.8. The van der Waals surface area contributed by atoms with E-state index in [2.05, 4.69) is 13.8 Å². The second kappa shape index (κ2) is 2.97. The third-order valence-electron chi connectivity index (χ3n) is 3.72. The van der Waals surface area contributed by atoms with Gasteiger partial charge in [0.1, 0.15) is 0 Å². The van der Waals surface area contributed by atoms with E-state index in [0.29, 0.717) is 5.78 Å². The standard InChI is InChI=1S/C12H18O/c1-9-5-3-7-12(2)8-4-6-10(13)11(9)12/h3-8H2,1-2H3. The number of hydrogen-bond donors (Lipinski definition) is 0. The van der Waals surface area contributed by atoms with E-state index in [1.807, 2.05) is 0 Å². The van der Waals surface area contributed by atoms with Gasteiger partial charge in [-0.1, -0.05) is 12.5 Å². The van der Waals surface area contributed by atoms with Crippen molar-refractivity contribution in [2.45, 2.75) is 52.4 Å². The molecule has 2 aliphatic rings. The molecule has 1 fully saturated rings. The summed E-state index contributed by atoms with van der Waals surface area (Å²) in [7, 11) is 0. The van der Waals surface area contributed by atoms with Crippen LogP contribution < -0.4 is 0 Å². The van der Waals surface area contributed by atoms with Crippen LogP contribution in [0.25, 0.3) is 0 Å². The molecule has 0 spiro atoms. The van der Waals surface area contributed by atoms with Crippen LogP contribution in [-0.4, -0.2) is 5.78 Å². The minimum Gasteiger partial charge on any atom is -0.295 e. The summed E-state index contributed by atoms with van der Waals surface area (Å²) in [5, 5.41) is 0. The Labute approximate surface area is 80.2 Å². The van der Waals surface area contributed by atoms with Crippen LogP contribution in [0, 0.1) is 5.41 Å². The summed E-state index contributed by atoms with van der Waals surface area (Å²) in [6.45, 7) is 4.43. The summed E-state index contributed by atoms with van der Waals surface area (Å²) < 4.78 is 0. The van der Waals surface area contributed by atoms with Gasteiger partial charge in [-0.15, -0.1) is 0 Å². The molecular weight excluding hydrogens is 160 g/mol. The van der Waals surface area contributed by atoms with E-state index in [1.165, 1.54) is 30.4 Å². The highest BCUT2D eigenvalue weighted by Crippen LogP contribution is 2.47. The molecule has 0 aromatic carbocycles. The lowest BCUT2D eigenvalue weighted by molar-refractivity contribution is -0.118. The first-order chi connectivity index (χ1) is 6.13.